The summed E-state index contributed by atoms with van der Waals surface area (Å²) >= 11 is 0. The molecule has 1 aromatic heterocycles. The van der Waals surface area contributed by atoms with Crippen molar-refractivity contribution in [1.29, 1.82) is 0 Å². The summed E-state index contributed by atoms with van der Waals surface area (Å²) in [4.78, 5) is 14.8. The van der Waals surface area contributed by atoms with Gasteiger partial charge in [0.25, 0.3) is 5.56 Å². The molecule has 0 atom stereocenters. The molecule has 0 unspecified atom stereocenters. The van der Waals surface area contributed by atoms with E-state index in [1.807, 2.05) is 62.9 Å². The maximum Gasteiger partial charge on any atom is 0.271 e. The Morgan fingerprint density at radius 3 is 2.16 bits per heavy atom. The van der Waals surface area contributed by atoms with Gasteiger partial charge in [0.05, 0.1) is 10.6 Å². The second kappa shape index (κ2) is 8.52. The molecule has 3 aromatic rings. The number of piperazine rings is 1. The molecule has 1 saturated heterocycles. The van der Waals surface area contributed by atoms with Crippen molar-refractivity contribution in [2.75, 3.05) is 31.1 Å². The second-order valence-corrected chi connectivity index (χ2v) is 10.3. The highest BCUT2D eigenvalue weighted by Crippen LogP contribution is 2.23. The summed E-state index contributed by atoms with van der Waals surface area (Å²) in [5.41, 5.74) is 4.56. The van der Waals surface area contributed by atoms with Gasteiger partial charge in [0, 0.05) is 32.2 Å². The molecule has 1 fully saturated rings. The predicted molar refractivity (Wildman–Crippen MR) is 126 cm³/mol. The summed E-state index contributed by atoms with van der Waals surface area (Å²) in [5.74, 6) is 0.659. The first kappa shape index (κ1) is 22.2. The molecule has 0 bridgehead atoms. The molecule has 4 rings (SSSR count). The van der Waals surface area contributed by atoms with E-state index in [1.165, 1.54) is 15.1 Å². The van der Waals surface area contributed by atoms with Gasteiger partial charge in [0.2, 0.25) is 10.0 Å². The minimum absolute atomic E-state index is 0.201. The first-order chi connectivity index (χ1) is 15.2. The maximum absolute atomic E-state index is 13.2. The van der Waals surface area contributed by atoms with Gasteiger partial charge in [-0.25, -0.2) is 8.42 Å². The largest absolute Gasteiger partial charge is 0.353 e. The molecule has 0 aliphatic carbocycles. The lowest BCUT2D eigenvalue weighted by atomic mass is 10.1. The van der Waals surface area contributed by atoms with E-state index in [0.29, 0.717) is 36.9 Å². The molecule has 2 heterocycles. The average molecular weight is 453 g/mol. The number of nitrogens with zero attached hydrogens (tertiary/aromatic N) is 4. The lowest BCUT2D eigenvalue weighted by Crippen LogP contribution is -2.49. The topological polar surface area (TPSA) is 75.5 Å². The Balaban J connectivity index is 1.54. The van der Waals surface area contributed by atoms with Crippen LogP contribution in [0.25, 0.3) is 5.69 Å². The van der Waals surface area contributed by atoms with Crippen LogP contribution in [-0.2, 0) is 10.0 Å². The first-order valence-electron chi connectivity index (χ1n) is 10.7. The van der Waals surface area contributed by atoms with Crippen LogP contribution in [0.15, 0.2) is 58.2 Å². The minimum Gasteiger partial charge on any atom is -0.353 e. The van der Waals surface area contributed by atoms with Crippen LogP contribution in [0.2, 0.25) is 0 Å². The summed E-state index contributed by atoms with van der Waals surface area (Å²) in [5, 5.41) is 4.57. The van der Waals surface area contributed by atoms with Gasteiger partial charge < -0.3 is 4.90 Å². The highest BCUT2D eigenvalue weighted by molar-refractivity contribution is 7.89. The van der Waals surface area contributed by atoms with Crippen LogP contribution in [0.3, 0.4) is 0 Å². The Hall–Kier alpha value is -2.97. The molecule has 2 aromatic carbocycles. The summed E-state index contributed by atoms with van der Waals surface area (Å²) < 4.78 is 29.2. The summed E-state index contributed by atoms with van der Waals surface area (Å²) in [6, 6.07) is 14.4. The van der Waals surface area contributed by atoms with Gasteiger partial charge in [-0.3, -0.25) is 4.79 Å². The summed E-state index contributed by atoms with van der Waals surface area (Å²) in [7, 11) is -3.55. The number of aryl methyl sites for hydroxylation is 4. The van der Waals surface area contributed by atoms with Crippen LogP contribution in [0, 0.1) is 27.7 Å². The Kier molecular flexibility index (Phi) is 5.92. The van der Waals surface area contributed by atoms with E-state index in [9.17, 15) is 13.2 Å². The van der Waals surface area contributed by atoms with Crippen molar-refractivity contribution < 1.29 is 8.42 Å². The van der Waals surface area contributed by atoms with Crippen LogP contribution in [-0.4, -0.2) is 48.7 Å². The highest BCUT2D eigenvalue weighted by Gasteiger charge is 2.30. The SMILES string of the molecule is Cc1ccc(S(=O)(=O)N2CCN(c3ccc(=O)n(-c4ccc(C)c(C)c4)n3)CC2)c(C)c1. The normalized spacial score (nSPS) is 15.2. The molecular weight excluding hydrogens is 424 g/mol. The third kappa shape index (κ3) is 4.20. The smallest absolute Gasteiger partial charge is 0.271 e. The van der Waals surface area contributed by atoms with Crippen molar-refractivity contribution in [2.45, 2.75) is 32.6 Å². The Morgan fingerprint density at radius 1 is 0.781 bits per heavy atom. The van der Waals surface area contributed by atoms with Crippen molar-refractivity contribution in [3.63, 3.8) is 0 Å². The van der Waals surface area contributed by atoms with Crippen molar-refractivity contribution in [1.82, 2.24) is 14.1 Å². The van der Waals surface area contributed by atoms with Gasteiger partial charge in [-0.2, -0.15) is 8.99 Å². The number of hydrogen-bond donors (Lipinski definition) is 0. The molecule has 0 saturated carbocycles. The molecule has 7 nitrogen and oxygen atoms in total. The summed E-state index contributed by atoms with van der Waals surface area (Å²) in [6.45, 7) is 9.54. The molecule has 168 valence electrons. The fourth-order valence-corrected chi connectivity index (χ4v) is 5.63. The van der Waals surface area contributed by atoms with Crippen LogP contribution in [0.4, 0.5) is 5.82 Å². The number of rotatable bonds is 4. The van der Waals surface area contributed by atoms with Crippen molar-refractivity contribution >= 4 is 15.8 Å². The number of aromatic nitrogens is 2. The van der Waals surface area contributed by atoms with Gasteiger partial charge in [0.1, 0.15) is 5.82 Å². The van der Waals surface area contributed by atoms with E-state index >= 15 is 0 Å². The quantitative estimate of drug-likeness (QED) is 0.608. The van der Waals surface area contributed by atoms with Crippen LogP contribution in [0.5, 0.6) is 0 Å². The Morgan fingerprint density at radius 2 is 1.50 bits per heavy atom. The van der Waals surface area contributed by atoms with Crippen molar-refractivity contribution in [3.8, 4) is 5.69 Å². The third-order valence-corrected chi connectivity index (χ3v) is 8.09. The Bertz CT molecular complexity index is 1320. The molecule has 32 heavy (non-hydrogen) atoms. The van der Waals surface area contributed by atoms with Crippen molar-refractivity contribution in [2.24, 2.45) is 0 Å². The Labute approximate surface area is 189 Å². The van der Waals surface area contributed by atoms with Crippen LogP contribution >= 0.6 is 0 Å². The zero-order valence-corrected chi connectivity index (χ0v) is 19.7. The molecule has 1 aliphatic heterocycles. The average Bonchev–Trinajstić information content (AvgIpc) is 2.76. The molecule has 0 radical (unpaired) electrons. The standard InChI is InChI=1S/C24H28N4O3S/c1-17-5-8-22(20(4)15-17)32(30,31)27-13-11-26(12-14-27)23-9-10-24(29)28(25-23)21-7-6-18(2)19(3)16-21/h5-10,15-16H,11-14H2,1-4H3. The minimum atomic E-state index is -3.55. The van der Waals surface area contributed by atoms with Gasteiger partial charge in [-0.1, -0.05) is 23.8 Å². The fraction of sp³-hybridized carbons (Fsp3) is 0.333. The fourth-order valence-electron chi connectivity index (χ4n) is 4.00. The molecule has 1 aliphatic rings. The zero-order chi connectivity index (χ0) is 23.0. The predicted octanol–water partition coefficient (Wildman–Crippen LogP) is 2.98. The van der Waals surface area contributed by atoms with E-state index in [2.05, 4.69) is 5.10 Å². The number of benzene rings is 2. The van der Waals surface area contributed by atoms with Crippen LogP contribution in [0.1, 0.15) is 22.3 Å². The zero-order valence-electron chi connectivity index (χ0n) is 18.9. The van der Waals surface area contributed by atoms with Gasteiger partial charge in [0.15, 0.2) is 0 Å². The number of anilines is 1. The van der Waals surface area contributed by atoms with E-state index in [4.69, 9.17) is 0 Å². The number of hydrogen-bond acceptors (Lipinski definition) is 5. The lowest BCUT2D eigenvalue weighted by molar-refractivity contribution is 0.383. The van der Waals surface area contributed by atoms with Crippen LogP contribution < -0.4 is 10.5 Å². The lowest BCUT2D eigenvalue weighted by Gasteiger charge is -2.35. The molecule has 8 heteroatoms. The monoisotopic (exact) mass is 452 g/mol. The van der Waals surface area contributed by atoms with E-state index in [1.54, 1.807) is 12.1 Å². The highest BCUT2D eigenvalue weighted by atomic mass is 32.2. The van der Waals surface area contributed by atoms with E-state index in [0.717, 1.165) is 27.9 Å². The van der Waals surface area contributed by atoms with E-state index in [-0.39, 0.29) is 5.56 Å². The molecule has 0 spiro atoms. The molecule has 0 N–H and O–H groups in total. The van der Waals surface area contributed by atoms with Gasteiger partial charge >= 0.3 is 0 Å². The second-order valence-electron chi connectivity index (χ2n) is 8.37. The maximum atomic E-state index is 13.2. The summed E-state index contributed by atoms with van der Waals surface area (Å²) in [6.07, 6.45) is 0. The van der Waals surface area contributed by atoms with Gasteiger partial charge in [-0.05, 0) is 68.7 Å². The molecule has 0 amide bonds. The van der Waals surface area contributed by atoms with E-state index < -0.39 is 10.0 Å². The number of sulfonamides is 1. The van der Waals surface area contributed by atoms with Gasteiger partial charge in [-0.15, -0.1) is 5.10 Å². The van der Waals surface area contributed by atoms with Crippen molar-refractivity contribution in [3.05, 3.63) is 81.1 Å². The molecular formula is C24H28N4O3S. The third-order valence-electron chi connectivity index (χ3n) is 6.03. The first-order valence-corrected chi connectivity index (χ1v) is 12.1.